The Hall–Kier alpha value is -1.50. The normalized spacial score (nSPS) is 11.3. The molecule has 0 saturated carbocycles. The van der Waals surface area contributed by atoms with Crippen LogP contribution in [0.25, 0.3) is 0 Å². The molecular weight excluding hydrogens is 523 g/mol. The van der Waals surface area contributed by atoms with Gasteiger partial charge in [-0.05, 0) is 0 Å². The molecule has 0 radical (unpaired) electrons. The fourth-order valence-electron chi connectivity index (χ4n) is 3.51. The zero-order chi connectivity index (χ0) is 19.2. The van der Waals surface area contributed by atoms with E-state index in [0.29, 0.717) is 0 Å². The number of benzene rings is 3. The molecule has 0 unspecified atom stereocenters. The summed E-state index contributed by atoms with van der Waals surface area (Å²) in [6.07, 6.45) is 0. The summed E-state index contributed by atoms with van der Waals surface area (Å²) in [6.45, 7) is 12.2. The van der Waals surface area contributed by atoms with Crippen LogP contribution in [0.2, 0.25) is 0 Å². The summed E-state index contributed by atoms with van der Waals surface area (Å²) in [5.74, 6) is 0. The van der Waals surface area contributed by atoms with Crippen molar-refractivity contribution >= 4 is 31.6 Å². The monoisotopic (exact) mass is 553 g/mol. The second-order valence-electron chi connectivity index (χ2n) is 7.10. The topological polar surface area (TPSA) is 3.24 Å². The van der Waals surface area contributed by atoms with Gasteiger partial charge in [0, 0.05) is 0 Å². The van der Waals surface area contributed by atoms with Gasteiger partial charge in [0.1, 0.15) is 0 Å². The number of hydrogen-bond donors (Lipinski definition) is 0. The van der Waals surface area contributed by atoms with Gasteiger partial charge in [-0.2, -0.15) is 0 Å². The van der Waals surface area contributed by atoms with Crippen LogP contribution >= 0.6 is 0 Å². The van der Waals surface area contributed by atoms with Gasteiger partial charge in [-0.15, -0.1) is 0 Å². The van der Waals surface area contributed by atoms with Gasteiger partial charge in [-0.3, -0.25) is 0 Å². The van der Waals surface area contributed by atoms with Crippen LogP contribution in [-0.4, -0.2) is 39.7 Å². The van der Waals surface area contributed by atoms with Crippen LogP contribution in [0.15, 0.2) is 72.8 Å². The molecule has 0 aliphatic rings. The van der Waals surface area contributed by atoms with Crippen molar-refractivity contribution in [2.75, 3.05) is 13.1 Å². The summed E-state index contributed by atoms with van der Waals surface area (Å²) < 4.78 is 4.76. The summed E-state index contributed by atoms with van der Waals surface area (Å²) >= 11 is -2.34. The third-order valence-corrected chi connectivity index (χ3v) is 14.8. The Balaban J connectivity index is 2.14. The summed E-state index contributed by atoms with van der Waals surface area (Å²) in [5, 5.41) is 0. The Morgan fingerprint density at radius 3 is 1.78 bits per heavy atom. The van der Waals surface area contributed by atoms with E-state index < -0.39 is 21.8 Å². The molecule has 0 atom stereocenters. The second kappa shape index (κ2) is 9.62. The number of rotatable bonds is 7. The molecule has 27 heavy (non-hydrogen) atoms. The molecule has 0 saturated heterocycles. The Bertz CT molecular complexity index is 837. The zero-order valence-electron chi connectivity index (χ0n) is 16.9. The third kappa shape index (κ3) is 5.06. The van der Waals surface area contributed by atoms with Crippen LogP contribution < -0.4 is 9.81 Å². The maximum atomic E-state index is 2.52. The van der Waals surface area contributed by atoms with Gasteiger partial charge >= 0.3 is 173 Å². The molecule has 0 heterocycles. The fourth-order valence-corrected chi connectivity index (χ4v) is 13.8. The molecule has 0 bridgehead atoms. The minimum absolute atomic E-state index is 1.05. The first-order valence-electron chi connectivity index (χ1n) is 9.86. The van der Waals surface area contributed by atoms with Gasteiger partial charge in [-0.25, -0.2) is 0 Å². The first kappa shape index (κ1) is 20.2. The Kier molecular flexibility index (Phi) is 7.22. The number of nitrogens with zero attached hydrogens (tertiary/aromatic N) is 1. The molecule has 2 heteroatoms. The molecule has 3 rings (SSSR count). The quantitative estimate of drug-likeness (QED) is 0.404. The van der Waals surface area contributed by atoms with Crippen molar-refractivity contribution in [3.8, 4) is 0 Å². The molecule has 1 nitrogen and oxygen atoms in total. The van der Waals surface area contributed by atoms with E-state index in [2.05, 4.69) is 105 Å². The Morgan fingerprint density at radius 2 is 1.26 bits per heavy atom. The number of hydrogen-bond acceptors (Lipinski definition) is 1. The van der Waals surface area contributed by atoms with Crippen LogP contribution in [0.4, 0.5) is 0 Å². The van der Waals surface area contributed by atoms with Crippen molar-refractivity contribution in [2.45, 2.75) is 34.2 Å². The van der Waals surface area contributed by atoms with E-state index in [9.17, 15) is 0 Å². The van der Waals surface area contributed by atoms with Crippen molar-refractivity contribution in [1.29, 1.82) is 0 Å². The van der Waals surface area contributed by atoms with Crippen LogP contribution in [0.5, 0.6) is 0 Å². The van der Waals surface area contributed by atoms with Crippen molar-refractivity contribution < 1.29 is 0 Å². The summed E-state index contributed by atoms with van der Waals surface area (Å²) in [7, 11) is 0. The molecule has 0 aliphatic heterocycles. The Morgan fingerprint density at radius 1 is 0.704 bits per heavy atom. The van der Waals surface area contributed by atoms with Gasteiger partial charge in [0.05, 0.1) is 0 Å². The molecule has 0 fully saturated rings. The van der Waals surface area contributed by atoms with Crippen LogP contribution in [0.1, 0.15) is 30.5 Å². The van der Waals surface area contributed by atoms with Crippen LogP contribution in [0.3, 0.4) is 0 Å². The van der Waals surface area contributed by atoms with E-state index >= 15 is 0 Å². The van der Waals surface area contributed by atoms with Crippen LogP contribution in [-0.2, 0) is 6.54 Å². The molecule has 3 aromatic carbocycles. The molecule has 0 spiro atoms. The first-order chi connectivity index (χ1) is 13.1. The number of aryl methyl sites for hydroxylation is 2. The molecule has 0 aliphatic carbocycles. The molecule has 0 aromatic heterocycles. The van der Waals surface area contributed by atoms with Crippen molar-refractivity contribution in [2.24, 2.45) is 0 Å². The molecule has 3 aromatic rings. The standard InChI is InChI=1S/C11H16N.2C7H7.Bi/c1-3-12(4-2)10-11-8-6-5-7-9-11;2*1-7-5-3-2-4-6-7;/h5-8H,3-4,10H2,1-2H3;2*2-3,5-6H,1H3;. The van der Waals surface area contributed by atoms with E-state index in [1.165, 1.54) is 16.7 Å². The summed E-state index contributed by atoms with van der Waals surface area (Å²) in [4.78, 5) is 2.52. The summed E-state index contributed by atoms with van der Waals surface area (Å²) in [5.41, 5.74) is 4.24. The first-order valence-corrected chi connectivity index (χ1v) is 15.1. The molecular formula is C25H30BiN. The predicted molar refractivity (Wildman–Crippen MR) is 120 cm³/mol. The Labute approximate surface area is 172 Å². The van der Waals surface area contributed by atoms with E-state index in [4.69, 9.17) is 0 Å². The third-order valence-electron chi connectivity index (χ3n) is 5.04. The second-order valence-corrected chi connectivity index (χ2v) is 15.6. The minimum atomic E-state index is -2.34. The van der Waals surface area contributed by atoms with E-state index in [0.717, 1.165) is 19.6 Å². The maximum absolute atomic E-state index is 2.52. The molecule has 0 N–H and O–H groups in total. The average Bonchev–Trinajstić information content (AvgIpc) is 2.67. The zero-order valence-corrected chi connectivity index (χ0v) is 20.4. The SMILES string of the molecule is CCN(CC)Cc1cccc[c]1[Bi]([c]1cccc(C)c1)[c]1cccc(C)c1. The van der Waals surface area contributed by atoms with Gasteiger partial charge in [0.25, 0.3) is 0 Å². The van der Waals surface area contributed by atoms with E-state index in [1.54, 1.807) is 9.81 Å². The predicted octanol–water partition coefficient (Wildman–Crippen LogP) is 3.66. The average molecular weight is 554 g/mol. The fraction of sp³-hybridized carbons (Fsp3) is 0.280. The van der Waals surface area contributed by atoms with Gasteiger partial charge < -0.3 is 0 Å². The summed E-state index contributed by atoms with van der Waals surface area (Å²) in [6, 6.07) is 27.7. The molecule has 0 amide bonds. The van der Waals surface area contributed by atoms with Gasteiger partial charge in [-0.1, -0.05) is 0 Å². The van der Waals surface area contributed by atoms with Gasteiger partial charge in [0.2, 0.25) is 0 Å². The molecule has 140 valence electrons. The van der Waals surface area contributed by atoms with Crippen molar-refractivity contribution in [1.82, 2.24) is 4.90 Å². The van der Waals surface area contributed by atoms with Crippen molar-refractivity contribution in [3.05, 3.63) is 89.5 Å². The van der Waals surface area contributed by atoms with E-state index in [-0.39, 0.29) is 0 Å². The van der Waals surface area contributed by atoms with E-state index in [1.807, 2.05) is 0 Å². The van der Waals surface area contributed by atoms with Crippen molar-refractivity contribution in [3.63, 3.8) is 0 Å². The van der Waals surface area contributed by atoms with Crippen LogP contribution in [0, 0.1) is 13.8 Å². The van der Waals surface area contributed by atoms with Gasteiger partial charge in [0.15, 0.2) is 0 Å².